The van der Waals surface area contributed by atoms with Gasteiger partial charge in [-0.15, -0.1) is 0 Å². The highest BCUT2D eigenvalue weighted by Crippen LogP contribution is 2.39. The van der Waals surface area contributed by atoms with Crippen LogP contribution in [0.1, 0.15) is 44.7 Å². The molecule has 1 spiro atoms. The Labute approximate surface area is 227 Å². The highest BCUT2D eigenvalue weighted by atomic mass is 16.5. The van der Waals surface area contributed by atoms with Crippen molar-refractivity contribution in [2.24, 2.45) is 0 Å². The number of nitrogens with zero attached hydrogens (tertiary/aromatic N) is 3. The van der Waals surface area contributed by atoms with E-state index in [9.17, 15) is 14.4 Å². The minimum absolute atomic E-state index is 0.0836. The van der Waals surface area contributed by atoms with E-state index in [4.69, 9.17) is 9.47 Å². The van der Waals surface area contributed by atoms with Gasteiger partial charge in [0.15, 0.2) is 0 Å². The first-order valence-electron chi connectivity index (χ1n) is 13.0. The van der Waals surface area contributed by atoms with Gasteiger partial charge in [0.1, 0.15) is 17.5 Å². The summed E-state index contributed by atoms with van der Waals surface area (Å²) in [6.07, 6.45) is 4.16. The Hall–Kier alpha value is -4.24. The molecular formula is C30H32N4O5. The van der Waals surface area contributed by atoms with Gasteiger partial charge in [0, 0.05) is 56.0 Å². The number of methoxy groups -OCH3 is 1. The van der Waals surface area contributed by atoms with Crippen molar-refractivity contribution < 1.29 is 23.9 Å². The molecule has 39 heavy (non-hydrogen) atoms. The topological polar surface area (TPSA) is 101 Å². The maximum atomic E-state index is 13.9. The first-order chi connectivity index (χ1) is 18.9. The Morgan fingerprint density at radius 1 is 1.03 bits per heavy atom. The Kier molecular flexibility index (Phi) is 7.60. The second kappa shape index (κ2) is 11.2. The molecule has 0 unspecified atom stereocenters. The van der Waals surface area contributed by atoms with E-state index in [0.717, 1.165) is 11.1 Å². The minimum Gasteiger partial charge on any atom is -0.497 e. The lowest BCUT2D eigenvalue weighted by Crippen LogP contribution is -2.59. The van der Waals surface area contributed by atoms with Crippen LogP contribution in [0.4, 0.5) is 0 Å². The van der Waals surface area contributed by atoms with Crippen molar-refractivity contribution in [3.63, 3.8) is 0 Å². The molecule has 9 nitrogen and oxygen atoms in total. The van der Waals surface area contributed by atoms with Crippen molar-refractivity contribution in [1.29, 1.82) is 0 Å². The quantitative estimate of drug-likeness (QED) is 0.528. The Balaban J connectivity index is 1.36. The van der Waals surface area contributed by atoms with E-state index in [1.807, 2.05) is 37.3 Å². The molecule has 0 saturated carbocycles. The number of piperidine rings is 1. The molecule has 2 aliphatic rings. The first-order valence-corrected chi connectivity index (χ1v) is 13.0. The van der Waals surface area contributed by atoms with Gasteiger partial charge in [-0.1, -0.05) is 29.8 Å². The zero-order valence-corrected chi connectivity index (χ0v) is 22.1. The number of benzene rings is 2. The number of ether oxygens (including phenoxy) is 2. The Bertz CT molecular complexity index is 1350. The Morgan fingerprint density at radius 2 is 1.77 bits per heavy atom. The number of likely N-dealkylation sites (tertiary alicyclic amines) is 1. The number of rotatable bonds is 6. The highest BCUT2D eigenvalue weighted by molar-refractivity contribution is 5.99. The predicted octanol–water partition coefficient (Wildman–Crippen LogP) is 3.19. The number of pyridine rings is 1. The molecule has 2 aromatic carbocycles. The standard InChI is InChI=1S/C30H32N4O5/c1-21-6-3-8-23(16-21)29(37)34-26(27(35)32-19-22-7-5-13-31-18-22)20-39-30(34)11-14-33(15-12-30)28(36)24-9-4-10-25(17-24)38-2/h3-10,13,16-18,26H,11-12,14-15,19-20H2,1-2H3,(H,32,35)/t26-/m0/s1. The molecule has 2 aliphatic heterocycles. The van der Waals surface area contributed by atoms with E-state index in [1.54, 1.807) is 59.6 Å². The van der Waals surface area contributed by atoms with Crippen molar-refractivity contribution in [3.05, 3.63) is 95.3 Å². The minimum atomic E-state index is -0.984. The number of nitrogens with one attached hydrogen (secondary N) is 1. The summed E-state index contributed by atoms with van der Waals surface area (Å²) in [7, 11) is 1.56. The molecule has 3 amide bonds. The number of hydrogen-bond acceptors (Lipinski definition) is 6. The van der Waals surface area contributed by atoms with Crippen LogP contribution in [0.5, 0.6) is 5.75 Å². The SMILES string of the molecule is COc1cccc(C(=O)N2CCC3(CC2)OC[C@@H](C(=O)NCc2cccnc2)N3C(=O)c2cccc(C)c2)c1. The molecule has 1 aromatic heterocycles. The summed E-state index contributed by atoms with van der Waals surface area (Å²) in [6.45, 7) is 3.08. The summed E-state index contributed by atoms with van der Waals surface area (Å²) in [6, 6.07) is 17.3. The van der Waals surface area contributed by atoms with Gasteiger partial charge in [0.05, 0.1) is 13.7 Å². The van der Waals surface area contributed by atoms with E-state index in [-0.39, 0.29) is 24.3 Å². The van der Waals surface area contributed by atoms with Crippen LogP contribution in [-0.2, 0) is 16.1 Å². The van der Waals surface area contributed by atoms with E-state index in [0.29, 0.717) is 49.4 Å². The fourth-order valence-corrected chi connectivity index (χ4v) is 5.29. The molecule has 3 heterocycles. The number of aromatic nitrogens is 1. The number of hydrogen-bond donors (Lipinski definition) is 1. The molecule has 0 radical (unpaired) electrons. The summed E-state index contributed by atoms with van der Waals surface area (Å²) in [5, 5.41) is 2.94. The van der Waals surface area contributed by atoms with Crippen molar-refractivity contribution in [2.75, 3.05) is 26.8 Å². The van der Waals surface area contributed by atoms with Crippen molar-refractivity contribution in [1.82, 2.24) is 20.1 Å². The zero-order chi connectivity index (χ0) is 27.4. The molecule has 2 saturated heterocycles. The smallest absolute Gasteiger partial charge is 0.256 e. The molecule has 1 N–H and O–H groups in total. The third-order valence-corrected chi connectivity index (χ3v) is 7.39. The molecule has 3 aromatic rings. The number of carbonyl (C=O) groups excluding carboxylic acids is 3. The second-order valence-electron chi connectivity index (χ2n) is 9.92. The van der Waals surface area contributed by atoms with Crippen LogP contribution in [-0.4, -0.2) is 71.1 Å². The fraction of sp³-hybridized carbons (Fsp3) is 0.333. The zero-order valence-electron chi connectivity index (χ0n) is 22.1. The summed E-state index contributed by atoms with van der Waals surface area (Å²) in [5.41, 5.74) is 1.87. The normalized spacial score (nSPS) is 18.2. The van der Waals surface area contributed by atoms with Crippen LogP contribution in [0.25, 0.3) is 0 Å². The third-order valence-electron chi connectivity index (χ3n) is 7.39. The summed E-state index contributed by atoms with van der Waals surface area (Å²) in [5.74, 6) is -0.0375. The number of amides is 3. The highest BCUT2D eigenvalue weighted by Gasteiger charge is 2.54. The van der Waals surface area contributed by atoms with Gasteiger partial charge in [0.2, 0.25) is 5.91 Å². The molecular weight excluding hydrogens is 496 g/mol. The monoisotopic (exact) mass is 528 g/mol. The van der Waals surface area contributed by atoms with Gasteiger partial charge in [-0.3, -0.25) is 24.3 Å². The molecule has 1 atom stereocenters. The number of carbonyl (C=O) groups is 3. The van der Waals surface area contributed by atoms with E-state index in [1.165, 1.54) is 0 Å². The second-order valence-corrected chi connectivity index (χ2v) is 9.92. The van der Waals surface area contributed by atoms with Crippen molar-refractivity contribution >= 4 is 17.7 Å². The average molecular weight is 529 g/mol. The molecule has 9 heteroatoms. The van der Waals surface area contributed by atoms with Gasteiger partial charge in [-0.25, -0.2) is 0 Å². The summed E-state index contributed by atoms with van der Waals surface area (Å²) < 4.78 is 11.6. The van der Waals surface area contributed by atoms with Gasteiger partial charge in [-0.05, 0) is 48.9 Å². The van der Waals surface area contributed by atoms with Crippen LogP contribution >= 0.6 is 0 Å². The fourth-order valence-electron chi connectivity index (χ4n) is 5.29. The molecule has 5 rings (SSSR count). The van der Waals surface area contributed by atoms with Gasteiger partial charge >= 0.3 is 0 Å². The van der Waals surface area contributed by atoms with Crippen LogP contribution in [0.2, 0.25) is 0 Å². The van der Waals surface area contributed by atoms with Crippen LogP contribution in [0.15, 0.2) is 73.1 Å². The lowest BCUT2D eigenvalue weighted by molar-refractivity contribution is -0.128. The van der Waals surface area contributed by atoms with Crippen LogP contribution < -0.4 is 10.1 Å². The summed E-state index contributed by atoms with van der Waals surface area (Å²) >= 11 is 0. The summed E-state index contributed by atoms with van der Waals surface area (Å²) in [4.78, 5) is 48.0. The van der Waals surface area contributed by atoms with Crippen LogP contribution in [0, 0.1) is 6.92 Å². The molecule has 2 fully saturated rings. The maximum absolute atomic E-state index is 13.9. The van der Waals surface area contributed by atoms with Crippen molar-refractivity contribution in [3.8, 4) is 5.75 Å². The van der Waals surface area contributed by atoms with Gasteiger partial charge in [0.25, 0.3) is 11.8 Å². The average Bonchev–Trinajstić information content (AvgIpc) is 3.34. The van der Waals surface area contributed by atoms with E-state index >= 15 is 0 Å². The number of aryl methyl sites for hydroxylation is 1. The molecule has 202 valence electrons. The largest absolute Gasteiger partial charge is 0.497 e. The van der Waals surface area contributed by atoms with E-state index < -0.39 is 11.8 Å². The van der Waals surface area contributed by atoms with Crippen molar-refractivity contribution in [2.45, 2.75) is 38.1 Å². The van der Waals surface area contributed by atoms with E-state index in [2.05, 4.69) is 10.3 Å². The molecule has 0 aliphatic carbocycles. The lowest BCUT2D eigenvalue weighted by atomic mass is 9.95. The first kappa shape index (κ1) is 26.4. The predicted molar refractivity (Wildman–Crippen MR) is 144 cm³/mol. The lowest BCUT2D eigenvalue weighted by Gasteiger charge is -2.44. The van der Waals surface area contributed by atoms with Gasteiger partial charge < -0.3 is 19.7 Å². The molecule has 0 bridgehead atoms. The van der Waals surface area contributed by atoms with Crippen LogP contribution in [0.3, 0.4) is 0 Å². The van der Waals surface area contributed by atoms with Gasteiger partial charge in [-0.2, -0.15) is 0 Å². The maximum Gasteiger partial charge on any atom is 0.256 e. The Morgan fingerprint density at radius 3 is 2.46 bits per heavy atom. The third kappa shape index (κ3) is 5.49.